The van der Waals surface area contributed by atoms with E-state index < -0.39 is 6.09 Å². The number of likely N-dealkylation sites (tertiary alicyclic amines) is 1. The molecule has 20 heavy (non-hydrogen) atoms. The summed E-state index contributed by atoms with van der Waals surface area (Å²) >= 11 is 0. The van der Waals surface area contributed by atoms with Crippen molar-refractivity contribution in [3.8, 4) is 0 Å². The van der Waals surface area contributed by atoms with Gasteiger partial charge in [0.25, 0.3) is 0 Å². The van der Waals surface area contributed by atoms with Crippen molar-refractivity contribution in [3.05, 3.63) is 29.6 Å². The summed E-state index contributed by atoms with van der Waals surface area (Å²) in [5, 5.41) is 11.3. The maximum absolute atomic E-state index is 11.3. The molecule has 0 aromatic carbocycles. The number of aromatic nitrogens is 1. The van der Waals surface area contributed by atoms with Crippen LogP contribution in [0.4, 0.5) is 4.79 Å². The molecule has 2 rings (SSSR count). The van der Waals surface area contributed by atoms with Crippen molar-refractivity contribution in [2.45, 2.75) is 32.4 Å². The number of hydrogen-bond acceptors (Lipinski definition) is 4. The first-order chi connectivity index (χ1) is 9.54. The highest BCUT2D eigenvalue weighted by Gasteiger charge is 2.21. The van der Waals surface area contributed by atoms with Gasteiger partial charge in [0.1, 0.15) is 5.69 Å². The molecule has 0 aliphatic carbocycles. The standard InChI is InChI=1S/C14H19N3O3/c1-10(18)13-7-11(4-5-15-13)8-17-6-2-3-12(9-17)16-14(19)20/h4-5,7,12,16H,2-3,6,8-9H2,1H3,(H,19,20)/t12-/m1/s1. The normalized spacial score (nSPS) is 19.6. The lowest BCUT2D eigenvalue weighted by Crippen LogP contribution is -2.46. The van der Waals surface area contributed by atoms with Crippen molar-refractivity contribution in [2.24, 2.45) is 0 Å². The Bertz CT molecular complexity index is 504. The summed E-state index contributed by atoms with van der Waals surface area (Å²) in [6.07, 6.45) is 2.51. The van der Waals surface area contributed by atoms with E-state index >= 15 is 0 Å². The molecule has 1 atom stereocenters. The van der Waals surface area contributed by atoms with Gasteiger partial charge in [-0.1, -0.05) is 0 Å². The summed E-state index contributed by atoms with van der Waals surface area (Å²) < 4.78 is 0. The summed E-state index contributed by atoms with van der Waals surface area (Å²) in [5.41, 5.74) is 1.50. The largest absolute Gasteiger partial charge is 0.465 e. The van der Waals surface area contributed by atoms with Crippen LogP contribution in [-0.4, -0.2) is 46.0 Å². The van der Waals surface area contributed by atoms with Crippen molar-refractivity contribution in [2.75, 3.05) is 13.1 Å². The monoisotopic (exact) mass is 277 g/mol. The summed E-state index contributed by atoms with van der Waals surface area (Å²) in [6.45, 7) is 3.85. The maximum atomic E-state index is 11.3. The quantitative estimate of drug-likeness (QED) is 0.815. The average Bonchev–Trinajstić information content (AvgIpc) is 2.38. The smallest absolute Gasteiger partial charge is 0.404 e. The number of ketones is 1. The van der Waals surface area contributed by atoms with E-state index in [1.54, 1.807) is 12.3 Å². The van der Waals surface area contributed by atoms with Gasteiger partial charge in [0.05, 0.1) is 0 Å². The van der Waals surface area contributed by atoms with Crippen LogP contribution in [0.5, 0.6) is 0 Å². The third-order valence-corrected chi connectivity index (χ3v) is 3.42. The fraction of sp³-hybridized carbons (Fsp3) is 0.500. The molecule has 1 amide bonds. The predicted molar refractivity (Wildman–Crippen MR) is 73.7 cm³/mol. The molecule has 1 saturated heterocycles. The highest BCUT2D eigenvalue weighted by Crippen LogP contribution is 2.14. The van der Waals surface area contributed by atoms with Gasteiger partial charge in [0.15, 0.2) is 5.78 Å². The number of carbonyl (C=O) groups excluding carboxylic acids is 1. The molecule has 6 heteroatoms. The van der Waals surface area contributed by atoms with Crippen LogP contribution in [0.3, 0.4) is 0 Å². The number of amides is 1. The molecule has 0 bridgehead atoms. The summed E-state index contributed by atoms with van der Waals surface area (Å²) in [6, 6.07) is 3.67. The zero-order chi connectivity index (χ0) is 14.5. The van der Waals surface area contributed by atoms with Crippen LogP contribution in [0.15, 0.2) is 18.3 Å². The van der Waals surface area contributed by atoms with Crippen LogP contribution in [-0.2, 0) is 6.54 Å². The van der Waals surface area contributed by atoms with Crippen molar-refractivity contribution >= 4 is 11.9 Å². The molecule has 2 heterocycles. The third-order valence-electron chi connectivity index (χ3n) is 3.42. The Hall–Kier alpha value is -1.95. The van der Waals surface area contributed by atoms with E-state index in [4.69, 9.17) is 5.11 Å². The number of carbonyl (C=O) groups is 2. The number of pyridine rings is 1. The minimum absolute atomic E-state index is 0.0182. The van der Waals surface area contributed by atoms with Crippen LogP contribution in [0.1, 0.15) is 35.8 Å². The first-order valence-corrected chi connectivity index (χ1v) is 6.72. The van der Waals surface area contributed by atoms with Gasteiger partial charge in [-0.2, -0.15) is 0 Å². The van der Waals surface area contributed by atoms with Gasteiger partial charge in [-0.3, -0.25) is 14.7 Å². The Balaban J connectivity index is 1.97. The van der Waals surface area contributed by atoms with E-state index in [0.29, 0.717) is 18.8 Å². The lowest BCUT2D eigenvalue weighted by Gasteiger charge is -2.32. The van der Waals surface area contributed by atoms with Crippen LogP contribution >= 0.6 is 0 Å². The van der Waals surface area contributed by atoms with E-state index in [1.807, 2.05) is 6.07 Å². The van der Waals surface area contributed by atoms with Gasteiger partial charge in [-0.05, 0) is 37.1 Å². The second kappa shape index (κ2) is 6.47. The van der Waals surface area contributed by atoms with E-state index in [9.17, 15) is 9.59 Å². The number of rotatable bonds is 4. The number of piperidine rings is 1. The molecule has 1 aliphatic heterocycles. The van der Waals surface area contributed by atoms with Crippen LogP contribution < -0.4 is 5.32 Å². The Morgan fingerprint density at radius 3 is 3.05 bits per heavy atom. The van der Waals surface area contributed by atoms with Crippen LogP contribution in [0.2, 0.25) is 0 Å². The molecule has 1 fully saturated rings. The fourth-order valence-corrected chi connectivity index (χ4v) is 2.51. The second-order valence-electron chi connectivity index (χ2n) is 5.13. The maximum Gasteiger partial charge on any atom is 0.404 e. The molecule has 6 nitrogen and oxygen atoms in total. The Labute approximate surface area is 117 Å². The molecular formula is C14H19N3O3. The van der Waals surface area contributed by atoms with Crippen molar-refractivity contribution < 1.29 is 14.7 Å². The molecule has 0 spiro atoms. The SMILES string of the molecule is CC(=O)c1cc(CN2CCC[C@@H](NC(=O)O)C2)ccn1. The zero-order valence-corrected chi connectivity index (χ0v) is 11.5. The topological polar surface area (TPSA) is 82.5 Å². The number of nitrogens with one attached hydrogen (secondary N) is 1. The Morgan fingerprint density at radius 1 is 1.55 bits per heavy atom. The molecule has 0 unspecified atom stereocenters. The van der Waals surface area contributed by atoms with Gasteiger partial charge in [-0.15, -0.1) is 0 Å². The second-order valence-corrected chi connectivity index (χ2v) is 5.13. The van der Waals surface area contributed by atoms with Gasteiger partial charge >= 0.3 is 6.09 Å². The summed E-state index contributed by atoms with van der Waals surface area (Å²) in [5.74, 6) is -0.0454. The third kappa shape index (κ3) is 4.03. The van der Waals surface area contributed by atoms with E-state index in [-0.39, 0.29) is 11.8 Å². The lowest BCUT2D eigenvalue weighted by atomic mass is 10.0. The number of hydrogen-bond donors (Lipinski definition) is 2. The van der Waals surface area contributed by atoms with Crippen LogP contribution in [0.25, 0.3) is 0 Å². The van der Waals surface area contributed by atoms with Gasteiger partial charge in [0, 0.05) is 32.3 Å². The number of Topliss-reactive ketones (excluding diaryl/α,β-unsaturated/α-hetero) is 1. The molecule has 0 radical (unpaired) electrons. The van der Waals surface area contributed by atoms with Gasteiger partial charge in [0.2, 0.25) is 0 Å². The van der Waals surface area contributed by atoms with E-state index in [1.165, 1.54) is 6.92 Å². The molecule has 1 aromatic rings. The molecule has 1 aliphatic rings. The van der Waals surface area contributed by atoms with Crippen molar-refractivity contribution in [3.63, 3.8) is 0 Å². The van der Waals surface area contributed by atoms with Gasteiger partial charge in [-0.25, -0.2) is 4.79 Å². The van der Waals surface area contributed by atoms with Crippen molar-refractivity contribution in [1.29, 1.82) is 0 Å². The van der Waals surface area contributed by atoms with Crippen LogP contribution in [0, 0.1) is 0 Å². The summed E-state index contributed by atoms with van der Waals surface area (Å²) in [4.78, 5) is 28.2. The lowest BCUT2D eigenvalue weighted by molar-refractivity contribution is 0.101. The minimum Gasteiger partial charge on any atom is -0.465 e. The minimum atomic E-state index is -0.973. The van der Waals surface area contributed by atoms with Gasteiger partial charge < -0.3 is 10.4 Å². The molecular weight excluding hydrogens is 258 g/mol. The molecule has 108 valence electrons. The highest BCUT2D eigenvalue weighted by molar-refractivity contribution is 5.92. The number of carboxylic acid groups (broad SMARTS) is 1. The Morgan fingerprint density at radius 2 is 2.35 bits per heavy atom. The average molecular weight is 277 g/mol. The van der Waals surface area contributed by atoms with Crippen molar-refractivity contribution in [1.82, 2.24) is 15.2 Å². The predicted octanol–water partition coefficient (Wildman–Crippen LogP) is 1.52. The Kier molecular flexibility index (Phi) is 4.68. The van der Waals surface area contributed by atoms with E-state index in [0.717, 1.165) is 24.9 Å². The first-order valence-electron chi connectivity index (χ1n) is 6.72. The molecule has 2 N–H and O–H groups in total. The molecule has 1 aromatic heterocycles. The zero-order valence-electron chi connectivity index (χ0n) is 11.5. The fourth-order valence-electron chi connectivity index (χ4n) is 2.51. The summed E-state index contributed by atoms with van der Waals surface area (Å²) in [7, 11) is 0. The molecule has 0 saturated carbocycles. The van der Waals surface area contributed by atoms with E-state index in [2.05, 4.69) is 15.2 Å². The highest BCUT2D eigenvalue weighted by atomic mass is 16.4. The first kappa shape index (κ1) is 14.5. The number of nitrogens with zero attached hydrogens (tertiary/aromatic N) is 2.